The molecule has 1 heterocycles. The first-order chi connectivity index (χ1) is 15.2. The molecule has 1 aliphatic carbocycles. The van der Waals surface area contributed by atoms with Gasteiger partial charge in [0.25, 0.3) is 0 Å². The fourth-order valence-electron chi connectivity index (χ4n) is 4.57. The van der Waals surface area contributed by atoms with Crippen LogP contribution in [0.3, 0.4) is 0 Å². The van der Waals surface area contributed by atoms with Crippen molar-refractivity contribution in [2.75, 3.05) is 45.9 Å². The van der Waals surface area contributed by atoms with Gasteiger partial charge in [-0.15, -0.1) is 0 Å². The number of nitrogens with one attached hydrogen (secondary N) is 3. The summed E-state index contributed by atoms with van der Waals surface area (Å²) >= 11 is 0. The van der Waals surface area contributed by atoms with Crippen molar-refractivity contribution in [3.8, 4) is 0 Å². The third-order valence-electron chi connectivity index (χ3n) is 6.32. The molecule has 31 heavy (non-hydrogen) atoms. The van der Waals surface area contributed by atoms with Crippen LogP contribution in [-0.4, -0.2) is 68.2 Å². The Morgan fingerprint density at radius 2 is 1.81 bits per heavy atom. The van der Waals surface area contributed by atoms with Crippen LogP contribution in [0.2, 0.25) is 0 Å². The summed E-state index contributed by atoms with van der Waals surface area (Å²) in [5.74, 6) is 0.848. The summed E-state index contributed by atoms with van der Waals surface area (Å²) in [5.41, 5.74) is 1.26. The van der Waals surface area contributed by atoms with Crippen LogP contribution in [0.4, 0.5) is 0 Å². The van der Waals surface area contributed by atoms with Crippen molar-refractivity contribution >= 4 is 11.9 Å². The lowest BCUT2D eigenvalue weighted by atomic mass is 9.80. The number of carbonyl (C=O) groups excluding carboxylic acids is 1. The second kappa shape index (κ2) is 12.7. The molecule has 1 saturated heterocycles. The Balaban J connectivity index is 1.49. The van der Waals surface area contributed by atoms with Crippen molar-refractivity contribution in [3.63, 3.8) is 0 Å². The molecule has 7 nitrogen and oxygen atoms in total. The summed E-state index contributed by atoms with van der Waals surface area (Å²) in [7, 11) is 0. The average molecular weight is 430 g/mol. The predicted octanol–water partition coefficient (Wildman–Crippen LogP) is 2.28. The van der Waals surface area contributed by atoms with E-state index >= 15 is 0 Å². The van der Waals surface area contributed by atoms with Crippen LogP contribution >= 0.6 is 0 Å². The first kappa shape index (κ1) is 23.5. The lowest BCUT2D eigenvalue weighted by Gasteiger charge is -2.47. The van der Waals surface area contributed by atoms with E-state index in [-0.39, 0.29) is 11.4 Å². The first-order valence-electron chi connectivity index (χ1n) is 11.9. The molecule has 1 aromatic rings. The van der Waals surface area contributed by atoms with E-state index in [2.05, 4.69) is 27.8 Å². The van der Waals surface area contributed by atoms with Gasteiger partial charge in [-0.05, 0) is 25.3 Å². The maximum absolute atomic E-state index is 12.2. The molecule has 1 aliphatic heterocycles. The van der Waals surface area contributed by atoms with Gasteiger partial charge in [0, 0.05) is 44.7 Å². The molecule has 2 fully saturated rings. The van der Waals surface area contributed by atoms with Crippen LogP contribution in [0.25, 0.3) is 0 Å². The lowest BCUT2D eigenvalue weighted by Crippen LogP contribution is -2.56. The number of morpholine rings is 1. The molecular weight excluding hydrogens is 390 g/mol. The highest BCUT2D eigenvalue weighted by Gasteiger charge is 2.38. The van der Waals surface area contributed by atoms with Gasteiger partial charge in [-0.3, -0.25) is 14.7 Å². The van der Waals surface area contributed by atoms with Crippen molar-refractivity contribution in [1.82, 2.24) is 20.9 Å². The van der Waals surface area contributed by atoms with Gasteiger partial charge in [-0.1, -0.05) is 49.6 Å². The van der Waals surface area contributed by atoms with Gasteiger partial charge in [-0.2, -0.15) is 0 Å². The van der Waals surface area contributed by atoms with E-state index in [4.69, 9.17) is 9.73 Å². The third kappa shape index (κ3) is 7.51. The van der Waals surface area contributed by atoms with Crippen molar-refractivity contribution in [2.24, 2.45) is 4.99 Å². The first-order valence-corrected chi connectivity index (χ1v) is 11.9. The molecule has 0 bridgehead atoms. The number of ether oxygens (including phenoxy) is 1. The highest BCUT2D eigenvalue weighted by atomic mass is 16.5. The van der Waals surface area contributed by atoms with Crippen LogP contribution in [0.1, 0.15) is 51.0 Å². The Bertz CT molecular complexity index is 682. The number of aliphatic imine (C=N–C) groups is 1. The lowest BCUT2D eigenvalue weighted by molar-refractivity contribution is -0.121. The molecule has 3 N–H and O–H groups in total. The summed E-state index contributed by atoms with van der Waals surface area (Å²) < 4.78 is 5.58. The average Bonchev–Trinajstić information content (AvgIpc) is 2.83. The van der Waals surface area contributed by atoms with Gasteiger partial charge >= 0.3 is 0 Å². The fraction of sp³-hybridized carbons (Fsp3) is 0.667. The summed E-state index contributed by atoms with van der Waals surface area (Å²) in [6.07, 6.45) is 6.71. The topological polar surface area (TPSA) is 78.0 Å². The number of hydrogen-bond acceptors (Lipinski definition) is 4. The van der Waals surface area contributed by atoms with E-state index in [1.807, 2.05) is 30.3 Å². The molecular formula is C24H39N5O2. The number of hydrogen-bond donors (Lipinski definition) is 3. The maximum atomic E-state index is 12.2. The second-order valence-electron chi connectivity index (χ2n) is 8.52. The Kier molecular flexibility index (Phi) is 9.62. The van der Waals surface area contributed by atoms with Crippen LogP contribution < -0.4 is 16.0 Å². The normalized spacial score (nSPS) is 19.6. The van der Waals surface area contributed by atoms with Gasteiger partial charge in [-0.25, -0.2) is 0 Å². The van der Waals surface area contributed by atoms with Crippen LogP contribution in [0.5, 0.6) is 0 Å². The fourth-order valence-corrected chi connectivity index (χ4v) is 4.57. The van der Waals surface area contributed by atoms with Crippen molar-refractivity contribution in [1.29, 1.82) is 0 Å². The van der Waals surface area contributed by atoms with Gasteiger partial charge in [0.2, 0.25) is 5.91 Å². The molecule has 0 aromatic heterocycles. The predicted molar refractivity (Wildman–Crippen MR) is 125 cm³/mol. The zero-order chi connectivity index (χ0) is 21.8. The van der Waals surface area contributed by atoms with Crippen molar-refractivity contribution in [3.05, 3.63) is 35.9 Å². The number of amides is 1. The van der Waals surface area contributed by atoms with Crippen LogP contribution in [-0.2, 0) is 16.1 Å². The van der Waals surface area contributed by atoms with Gasteiger partial charge in [0.05, 0.1) is 19.8 Å². The monoisotopic (exact) mass is 429 g/mol. The Hall–Kier alpha value is -2.12. The molecule has 1 saturated carbocycles. The molecule has 3 rings (SSSR count). The van der Waals surface area contributed by atoms with Crippen LogP contribution in [0.15, 0.2) is 35.3 Å². The van der Waals surface area contributed by atoms with Crippen molar-refractivity contribution < 1.29 is 9.53 Å². The number of benzene rings is 1. The quantitative estimate of drug-likeness (QED) is 0.415. The Morgan fingerprint density at radius 1 is 1.06 bits per heavy atom. The molecule has 1 aromatic carbocycles. The smallest absolute Gasteiger partial charge is 0.222 e. The SMILES string of the molecule is CCNC(=NCC1(N2CCOCC2)CCCCC1)NCCC(=O)NCc1ccccc1. The number of carbonyl (C=O) groups is 1. The molecule has 0 radical (unpaired) electrons. The van der Waals surface area contributed by atoms with Gasteiger partial charge < -0.3 is 20.7 Å². The Labute approximate surface area is 187 Å². The highest BCUT2D eigenvalue weighted by molar-refractivity contribution is 5.81. The van der Waals surface area contributed by atoms with E-state index < -0.39 is 0 Å². The van der Waals surface area contributed by atoms with E-state index in [9.17, 15) is 4.79 Å². The second-order valence-corrected chi connectivity index (χ2v) is 8.52. The molecule has 7 heteroatoms. The van der Waals surface area contributed by atoms with E-state index in [1.54, 1.807) is 0 Å². The van der Waals surface area contributed by atoms with Gasteiger partial charge in [0.1, 0.15) is 0 Å². The molecule has 0 unspecified atom stereocenters. The number of nitrogens with zero attached hydrogens (tertiary/aromatic N) is 2. The molecule has 2 aliphatic rings. The maximum Gasteiger partial charge on any atom is 0.222 e. The standard InChI is InChI=1S/C24H39N5O2/c1-2-25-23(26-14-11-22(30)27-19-21-9-5-3-6-10-21)28-20-24(12-7-4-8-13-24)29-15-17-31-18-16-29/h3,5-6,9-10H,2,4,7-8,11-20H2,1H3,(H,27,30)(H2,25,26,28). The minimum atomic E-state index is 0.0456. The molecule has 172 valence electrons. The zero-order valence-electron chi connectivity index (χ0n) is 19.0. The number of guanidine groups is 1. The minimum Gasteiger partial charge on any atom is -0.379 e. The molecule has 0 spiro atoms. The highest BCUT2D eigenvalue weighted by Crippen LogP contribution is 2.34. The minimum absolute atomic E-state index is 0.0456. The zero-order valence-corrected chi connectivity index (χ0v) is 19.0. The summed E-state index contributed by atoms with van der Waals surface area (Å²) in [6.45, 7) is 8.44. The van der Waals surface area contributed by atoms with E-state index in [0.29, 0.717) is 19.5 Å². The van der Waals surface area contributed by atoms with Crippen LogP contribution in [0, 0.1) is 0 Å². The molecule has 1 amide bonds. The summed E-state index contributed by atoms with van der Waals surface area (Å²) in [5, 5.41) is 9.66. The number of rotatable bonds is 9. The van der Waals surface area contributed by atoms with Gasteiger partial charge in [0.15, 0.2) is 5.96 Å². The molecule has 0 atom stereocenters. The Morgan fingerprint density at radius 3 is 2.52 bits per heavy atom. The summed E-state index contributed by atoms with van der Waals surface area (Å²) in [6, 6.07) is 9.98. The van der Waals surface area contributed by atoms with E-state index in [1.165, 1.54) is 32.1 Å². The van der Waals surface area contributed by atoms with Crippen molar-refractivity contribution in [2.45, 2.75) is 57.5 Å². The third-order valence-corrected chi connectivity index (χ3v) is 6.32. The summed E-state index contributed by atoms with van der Waals surface area (Å²) in [4.78, 5) is 19.8. The van der Waals surface area contributed by atoms with E-state index in [0.717, 1.165) is 50.9 Å². The largest absolute Gasteiger partial charge is 0.379 e.